The molecule has 1 N–H and O–H groups in total. The third-order valence-corrected chi connectivity index (χ3v) is 3.95. The summed E-state index contributed by atoms with van der Waals surface area (Å²) in [6, 6.07) is 5.30. The number of carboxylic acids is 1. The second-order valence-corrected chi connectivity index (χ2v) is 5.39. The van der Waals surface area contributed by atoms with E-state index in [0.717, 1.165) is 49.3 Å². The molecule has 5 heteroatoms. The fourth-order valence-corrected chi connectivity index (χ4v) is 2.83. The van der Waals surface area contributed by atoms with Gasteiger partial charge in [-0.05, 0) is 37.1 Å². The van der Waals surface area contributed by atoms with Crippen molar-refractivity contribution in [1.82, 2.24) is 4.90 Å². The molecule has 1 unspecified atom stereocenters. The minimum absolute atomic E-state index is 0.398. The summed E-state index contributed by atoms with van der Waals surface area (Å²) in [4.78, 5) is 13.5. The molecule has 0 saturated carbocycles. The summed E-state index contributed by atoms with van der Waals surface area (Å²) in [5.74, 6) is 0.726. The zero-order valence-corrected chi connectivity index (χ0v) is 12.7. The summed E-state index contributed by atoms with van der Waals surface area (Å²) in [7, 11) is 3.23. The molecule has 21 heavy (non-hydrogen) atoms. The second kappa shape index (κ2) is 7.31. The largest absolute Gasteiger partial charge is 0.497 e. The molecule has 1 aliphatic heterocycles. The molecule has 0 bridgehead atoms. The van der Waals surface area contributed by atoms with Gasteiger partial charge < -0.3 is 14.6 Å². The van der Waals surface area contributed by atoms with Gasteiger partial charge >= 0.3 is 5.97 Å². The van der Waals surface area contributed by atoms with Crippen molar-refractivity contribution in [3.8, 4) is 11.5 Å². The highest BCUT2D eigenvalue weighted by Crippen LogP contribution is 2.25. The molecular weight excluding hydrogens is 270 g/mol. The van der Waals surface area contributed by atoms with Gasteiger partial charge in [0.2, 0.25) is 0 Å². The van der Waals surface area contributed by atoms with Crippen LogP contribution in [0.1, 0.15) is 31.2 Å². The Morgan fingerprint density at radius 3 is 2.43 bits per heavy atom. The molecule has 0 aliphatic carbocycles. The van der Waals surface area contributed by atoms with Crippen LogP contribution in [0.5, 0.6) is 11.5 Å². The van der Waals surface area contributed by atoms with Crippen LogP contribution in [0.25, 0.3) is 0 Å². The van der Waals surface area contributed by atoms with Crippen LogP contribution in [-0.2, 0) is 11.3 Å². The highest BCUT2D eigenvalue weighted by Gasteiger charge is 2.27. The monoisotopic (exact) mass is 293 g/mol. The Balaban J connectivity index is 2.19. The first kappa shape index (κ1) is 15.6. The van der Waals surface area contributed by atoms with Crippen LogP contribution in [-0.4, -0.2) is 42.8 Å². The average molecular weight is 293 g/mol. The number of hydrogen-bond acceptors (Lipinski definition) is 4. The van der Waals surface area contributed by atoms with Crippen LogP contribution in [0.2, 0.25) is 0 Å². The number of hydrogen-bond donors (Lipinski definition) is 1. The van der Waals surface area contributed by atoms with E-state index in [1.54, 1.807) is 14.2 Å². The molecule has 1 aromatic carbocycles. The maximum atomic E-state index is 11.5. The molecule has 1 aromatic rings. The lowest BCUT2D eigenvalue weighted by Gasteiger charge is -2.27. The van der Waals surface area contributed by atoms with Crippen molar-refractivity contribution in [1.29, 1.82) is 0 Å². The van der Waals surface area contributed by atoms with E-state index in [1.807, 2.05) is 23.1 Å². The van der Waals surface area contributed by atoms with Gasteiger partial charge in [-0.15, -0.1) is 0 Å². The Morgan fingerprint density at radius 1 is 1.19 bits per heavy atom. The molecule has 1 aliphatic rings. The van der Waals surface area contributed by atoms with E-state index in [-0.39, 0.29) is 0 Å². The van der Waals surface area contributed by atoms with Gasteiger partial charge in [-0.1, -0.05) is 12.8 Å². The number of carbonyl (C=O) groups is 1. The van der Waals surface area contributed by atoms with Gasteiger partial charge in [-0.25, -0.2) is 0 Å². The number of likely N-dealkylation sites (tertiary alicyclic amines) is 1. The third-order valence-electron chi connectivity index (χ3n) is 3.95. The minimum Gasteiger partial charge on any atom is -0.497 e. The fraction of sp³-hybridized carbons (Fsp3) is 0.562. The molecule has 1 saturated heterocycles. The molecule has 2 rings (SSSR count). The highest BCUT2D eigenvalue weighted by atomic mass is 16.5. The number of methoxy groups -OCH3 is 2. The van der Waals surface area contributed by atoms with Crippen molar-refractivity contribution in [3.05, 3.63) is 23.8 Å². The summed E-state index contributed by atoms with van der Waals surface area (Å²) in [6.45, 7) is 1.42. The zero-order chi connectivity index (χ0) is 15.2. The molecule has 116 valence electrons. The highest BCUT2D eigenvalue weighted by molar-refractivity contribution is 5.73. The van der Waals surface area contributed by atoms with Crippen molar-refractivity contribution in [3.63, 3.8) is 0 Å². The SMILES string of the molecule is COc1cc(CN2CCCCCC2C(=O)O)cc(OC)c1. The Kier molecular flexibility index (Phi) is 5.44. The quantitative estimate of drug-likeness (QED) is 0.904. The van der Waals surface area contributed by atoms with Crippen LogP contribution >= 0.6 is 0 Å². The normalized spacial score (nSPS) is 19.8. The number of rotatable bonds is 5. The number of ether oxygens (including phenoxy) is 2. The smallest absolute Gasteiger partial charge is 0.320 e. The van der Waals surface area contributed by atoms with Gasteiger partial charge in [0.15, 0.2) is 0 Å². The lowest BCUT2D eigenvalue weighted by Crippen LogP contribution is -2.40. The number of benzene rings is 1. The zero-order valence-electron chi connectivity index (χ0n) is 12.7. The summed E-state index contributed by atoms with van der Waals surface area (Å²) in [5, 5.41) is 9.42. The van der Waals surface area contributed by atoms with Crippen LogP contribution in [0.15, 0.2) is 18.2 Å². The molecule has 5 nitrogen and oxygen atoms in total. The van der Waals surface area contributed by atoms with Crippen molar-refractivity contribution in [2.75, 3.05) is 20.8 Å². The molecule has 1 fully saturated rings. The molecule has 1 heterocycles. The lowest BCUT2D eigenvalue weighted by atomic mass is 10.1. The van der Waals surface area contributed by atoms with Crippen molar-refractivity contribution < 1.29 is 19.4 Å². The number of carboxylic acid groups (broad SMARTS) is 1. The number of nitrogens with zero attached hydrogens (tertiary/aromatic N) is 1. The summed E-state index contributed by atoms with van der Waals surface area (Å²) in [5.41, 5.74) is 1.01. The topological polar surface area (TPSA) is 59.0 Å². The van der Waals surface area contributed by atoms with Crippen molar-refractivity contribution >= 4 is 5.97 Å². The molecule has 0 amide bonds. The lowest BCUT2D eigenvalue weighted by molar-refractivity contribution is -0.143. The third kappa shape index (κ3) is 4.11. The second-order valence-electron chi connectivity index (χ2n) is 5.39. The first-order chi connectivity index (χ1) is 10.1. The molecule has 1 atom stereocenters. The van der Waals surface area contributed by atoms with E-state index >= 15 is 0 Å². The number of aliphatic carboxylic acids is 1. The average Bonchev–Trinajstić information content (AvgIpc) is 2.72. The fourth-order valence-electron chi connectivity index (χ4n) is 2.83. The van der Waals surface area contributed by atoms with Gasteiger partial charge in [-0.3, -0.25) is 9.69 Å². The Morgan fingerprint density at radius 2 is 1.86 bits per heavy atom. The van der Waals surface area contributed by atoms with E-state index in [2.05, 4.69) is 0 Å². The molecule has 0 radical (unpaired) electrons. The Hall–Kier alpha value is -1.75. The Labute approximate surface area is 125 Å². The van der Waals surface area contributed by atoms with E-state index < -0.39 is 12.0 Å². The van der Waals surface area contributed by atoms with Gasteiger partial charge in [0.1, 0.15) is 17.5 Å². The maximum Gasteiger partial charge on any atom is 0.320 e. The van der Waals surface area contributed by atoms with E-state index in [1.165, 1.54) is 0 Å². The summed E-state index contributed by atoms with van der Waals surface area (Å²) < 4.78 is 10.5. The van der Waals surface area contributed by atoms with Crippen molar-refractivity contribution in [2.24, 2.45) is 0 Å². The first-order valence-corrected chi connectivity index (χ1v) is 7.33. The van der Waals surface area contributed by atoms with Gasteiger partial charge in [0.05, 0.1) is 14.2 Å². The predicted molar refractivity (Wildman–Crippen MR) is 79.8 cm³/mol. The van der Waals surface area contributed by atoms with Crippen LogP contribution in [0.4, 0.5) is 0 Å². The molecule has 0 aromatic heterocycles. The van der Waals surface area contributed by atoms with Crippen LogP contribution in [0.3, 0.4) is 0 Å². The van der Waals surface area contributed by atoms with Crippen LogP contribution < -0.4 is 9.47 Å². The first-order valence-electron chi connectivity index (χ1n) is 7.33. The molecule has 0 spiro atoms. The summed E-state index contributed by atoms with van der Waals surface area (Å²) >= 11 is 0. The standard InChI is InChI=1S/C16H23NO4/c1-20-13-8-12(9-14(10-13)21-2)11-17-7-5-3-4-6-15(17)16(18)19/h8-10,15H,3-7,11H2,1-2H3,(H,18,19). The maximum absolute atomic E-state index is 11.5. The molecular formula is C16H23NO4. The van der Waals surface area contributed by atoms with Gasteiger partial charge in [-0.2, -0.15) is 0 Å². The Bertz CT molecular complexity index is 467. The van der Waals surface area contributed by atoms with E-state index in [9.17, 15) is 9.90 Å². The van der Waals surface area contributed by atoms with E-state index in [4.69, 9.17) is 9.47 Å². The van der Waals surface area contributed by atoms with Crippen LogP contribution in [0, 0.1) is 0 Å². The minimum atomic E-state index is -0.730. The summed E-state index contributed by atoms with van der Waals surface area (Å²) in [6.07, 6.45) is 3.85. The van der Waals surface area contributed by atoms with E-state index in [0.29, 0.717) is 6.54 Å². The predicted octanol–water partition coefficient (Wildman–Crippen LogP) is 2.53. The van der Waals surface area contributed by atoms with Crippen molar-refractivity contribution in [2.45, 2.75) is 38.3 Å². The van der Waals surface area contributed by atoms with Gasteiger partial charge in [0, 0.05) is 12.6 Å². The van der Waals surface area contributed by atoms with Gasteiger partial charge in [0.25, 0.3) is 0 Å².